The summed E-state index contributed by atoms with van der Waals surface area (Å²) in [6.45, 7) is 20.3. The zero-order chi connectivity index (χ0) is 24.4. The summed E-state index contributed by atoms with van der Waals surface area (Å²) >= 11 is 0. The van der Waals surface area contributed by atoms with Crippen molar-refractivity contribution in [3.8, 4) is 0 Å². The second-order valence-corrected chi connectivity index (χ2v) is 10.3. The van der Waals surface area contributed by atoms with Gasteiger partial charge in [0.1, 0.15) is 0 Å². The molecule has 0 aliphatic heterocycles. The molecule has 0 heteroatoms. The molecule has 0 bridgehead atoms. The molecule has 0 spiro atoms. The van der Waals surface area contributed by atoms with E-state index in [1.165, 1.54) is 97.6 Å². The van der Waals surface area contributed by atoms with Crippen LogP contribution in [0.3, 0.4) is 0 Å². The van der Waals surface area contributed by atoms with E-state index in [2.05, 4.69) is 98.8 Å². The average molecular weight is 439 g/mol. The number of hydrogen-bond donors (Lipinski definition) is 0. The van der Waals surface area contributed by atoms with Crippen molar-refractivity contribution in [3.05, 3.63) is 69.9 Å². The van der Waals surface area contributed by atoms with Crippen LogP contribution in [-0.4, -0.2) is 0 Å². The first-order valence-electron chi connectivity index (χ1n) is 13.0. The quantitative estimate of drug-likeness (QED) is 0.166. The normalized spacial score (nSPS) is 14.4. The molecule has 0 heterocycles. The smallest absolute Gasteiger partial charge is 0.0263 e. The van der Waals surface area contributed by atoms with Gasteiger partial charge in [0, 0.05) is 0 Å². The first kappa shape index (κ1) is 30.4. The molecular weight excluding hydrogens is 384 g/mol. The summed E-state index contributed by atoms with van der Waals surface area (Å²) in [5.74, 6) is 0.675. The minimum atomic E-state index is 0.675. The highest BCUT2D eigenvalue weighted by molar-refractivity contribution is 5.08. The lowest BCUT2D eigenvalue weighted by Crippen LogP contribution is -1.88. The number of rotatable bonds is 16. The molecule has 0 aromatic heterocycles. The molecule has 0 aliphatic carbocycles. The lowest BCUT2D eigenvalue weighted by Gasteiger charge is -2.05. The highest BCUT2D eigenvalue weighted by Gasteiger charge is 1.96. The molecule has 0 aromatic carbocycles. The van der Waals surface area contributed by atoms with Gasteiger partial charge in [0.05, 0.1) is 0 Å². The standard InChI is InChI=1S/C32H54/c1-26(2)16-12-19-30(7)22-13-20-28(5)17-10-11-18-29(6)21-14-23-31(8)24-15-25-32(9)27(3)4/h16-18,22-23,25,27H,10-15,19-21,24H2,1-9H3. The van der Waals surface area contributed by atoms with Crippen LogP contribution in [0.15, 0.2) is 69.9 Å². The zero-order valence-electron chi connectivity index (χ0n) is 23.1. The van der Waals surface area contributed by atoms with Crippen molar-refractivity contribution < 1.29 is 0 Å². The Labute approximate surface area is 202 Å². The van der Waals surface area contributed by atoms with E-state index in [1.807, 2.05) is 0 Å². The second kappa shape index (κ2) is 19.0. The largest absolute Gasteiger partial charge is 0.0856 e. The van der Waals surface area contributed by atoms with E-state index in [4.69, 9.17) is 0 Å². The molecule has 0 amide bonds. The van der Waals surface area contributed by atoms with Crippen LogP contribution in [0.25, 0.3) is 0 Å². The first-order valence-corrected chi connectivity index (χ1v) is 13.0. The second-order valence-electron chi connectivity index (χ2n) is 10.3. The molecule has 0 aromatic rings. The fourth-order valence-electron chi connectivity index (χ4n) is 3.51. The monoisotopic (exact) mass is 438 g/mol. The van der Waals surface area contributed by atoms with E-state index in [1.54, 1.807) is 0 Å². The lowest BCUT2D eigenvalue weighted by molar-refractivity contribution is 0.758. The van der Waals surface area contributed by atoms with Crippen molar-refractivity contribution >= 4 is 0 Å². The van der Waals surface area contributed by atoms with Crippen molar-refractivity contribution in [2.75, 3.05) is 0 Å². The summed E-state index contributed by atoms with van der Waals surface area (Å²) in [4.78, 5) is 0. The van der Waals surface area contributed by atoms with E-state index < -0.39 is 0 Å². The van der Waals surface area contributed by atoms with Gasteiger partial charge < -0.3 is 0 Å². The summed E-state index contributed by atoms with van der Waals surface area (Å²) in [6, 6.07) is 0. The van der Waals surface area contributed by atoms with Crippen LogP contribution in [-0.2, 0) is 0 Å². The molecular formula is C32H54. The summed E-state index contributed by atoms with van der Waals surface area (Å²) < 4.78 is 0. The predicted molar refractivity (Wildman–Crippen MR) is 149 cm³/mol. The van der Waals surface area contributed by atoms with Gasteiger partial charge in [-0.1, -0.05) is 83.7 Å². The van der Waals surface area contributed by atoms with Gasteiger partial charge in [-0.3, -0.25) is 0 Å². The average Bonchev–Trinajstić information content (AvgIpc) is 2.70. The number of unbranched alkanes of at least 4 members (excludes halogenated alkanes) is 1. The Morgan fingerprint density at radius 3 is 1.09 bits per heavy atom. The fraction of sp³-hybridized carbons (Fsp3) is 0.625. The molecule has 182 valence electrons. The summed E-state index contributed by atoms with van der Waals surface area (Å²) in [7, 11) is 0. The highest BCUT2D eigenvalue weighted by atomic mass is 14.0. The maximum Gasteiger partial charge on any atom is -0.0263 e. The van der Waals surface area contributed by atoms with Crippen molar-refractivity contribution in [2.24, 2.45) is 5.92 Å². The van der Waals surface area contributed by atoms with Gasteiger partial charge in [0.2, 0.25) is 0 Å². The van der Waals surface area contributed by atoms with E-state index in [0.717, 1.165) is 0 Å². The van der Waals surface area contributed by atoms with Crippen LogP contribution in [0, 0.1) is 5.92 Å². The van der Waals surface area contributed by atoms with Crippen molar-refractivity contribution in [2.45, 2.75) is 127 Å². The molecule has 0 fully saturated rings. The van der Waals surface area contributed by atoms with E-state index in [0.29, 0.717) is 5.92 Å². The summed E-state index contributed by atoms with van der Waals surface area (Å²) in [5, 5.41) is 0. The Morgan fingerprint density at radius 1 is 0.438 bits per heavy atom. The Bertz CT molecular complexity index is 682. The predicted octanol–water partition coefficient (Wildman–Crippen LogP) is 11.2. The Balaban J connectivity index is 4.10. The number of hydrogen-bond acceptors (Lipinski definition) is 0. The Hall–Kier alpha value is -1.56. The third-order valence-electron chi connectivity index (χ3n) is 6.22. The molecule has 0 nitrogen and oxygen atoms in total. The molecule has 0 rings (SSSR count). The lowest BCUT2D eigenvalue weighted by atomic mass is 10.0. The molecule has 32 heavy (non-hydrogen) atoms. The van der Waals surface area contributed by atoms with E-state index in [-0.39, 0.29) is 0 Å². The third kappa shape index (κ3) is 19.1. The Morgan fingerprint density at radius 2 is 0.750 bits per heavy atom. The minimum absolute atomic E-state index is 0.675. The molecule has 0 atom stereocenters. The summed E-state index contributed by atoms with van der Waals surface area (Å²) in [6.07, 6.45) is 26.3. The van der Waals surface area contributed by atoms with Crippen LogP contribution < -0.4 is 0 Å². The third-order valence-corrected chi connectivity index (χ3v) is 6.22. The molecule has 0 saturated carbocycles. The van der Waals surface area contributed by atoms with Crippen LogP contribution in [0.1, 0.15) is 127 Å². The van der Waals surface area contributed by atoms with Gasteiger partial charge in [-0.2, -0.15) is 0 Å². The fourth-order valence-corrected chi connectivity index (χ4v) is 3.51. The van der Waals surface area contributed by atoms with Gasteiger partial charge in [-0.15, -0.1) is 0 Å². The SMILES string of the molecule is CC(C)=CCCC(C)=CCCC(C)=CCCC=C(C)CCC=C(C)CCC=C(C)C(C)C. The topological polar surface area (TPSA) is 0 Å². The van der Waals surface area contributed by atoms with Crippen molar-refractivity contribution in [1.29, 1.82) is 0 Å². The Kier molecular flexibility index (Phi) is 18.0. The minimum Gasteiger partial charge on any atom is -0.0856 e. The van der Waals surface area contributed by atoms with Gasteiger partial charge in [-0.05, 0) is 119 Å². The van der Waals surface area contributed by atoms with Gasteiger partial charge >= 0.3 is 0 Å². The van der Waals surface area contributed by atoms with Crippen molar-refractivity contribution in [1.82, 2.24) is 0 Å². The van der Waals surface area contributed by atoms with Crippen LogP contribution in [0.4, 0.5) is 0 Å². The molecule has 0 aliphatic rings. The van der Waals surface area contributed by atoms with E-state index >= 15 is 0 Å². The van der Waals surface area contributed by atoms with Crippen LogP contribution >= 0.6 is 0 Å². The molecule has 0 unspecified atom stereocenters. The van der Waals surface area contributed by atoms with Crippen LogP contribution in [0.5, 0.6) is 0 Å². The highest BCUT2D eigenvalue weighted by Crippen LogP contribution is 2.15. The molecule has 0 saturated heterocycles. The van der Waals surface area contributed by atoms with Crippen LogP contribution in [0.2, 0.25) is 0 Å². The summed E-state index contributed by atoms with van der Waals surface area (Å²) in [5.41, 5.74) is 9.07. The molecule has 0 radical (unpaired) electrons. The van der Waals surface area contributed by atoms with Gasteiger partial charge in [0.25, 0.3) is 0 Å². The first-order chi connectivity index (χ1) is 15.1. The van der Waals surface area contributed by atoms with Gasteiger partial charge in [0.15, 0.2) is 0 Å². The van der Waals surface area contributed by atoms with E-state index in [9.17, 15) is 0 Å². The molecule has 0 N–H and O–H groups in total. The van der Waals surface area contributed by atoms with Gasteiger partial charge in [-0.25, -0.2) is 0 Å². The maximum absolute atomic E-state index is 2.44. The van der Waals surface area contributed by atoms with Crippen molar-refractivity contribution in [3.63, 3.8) is 0 Å². The number of allylic oxidation sites excluding steroid dienone is 12. The maximum atomic E-state index is 2.44. The zero-order valence-corrected chi connectivity index (χ0v) is 23.1.